The minimum absolute atomic E-state index is 0.478. The summed E-state index contributed by atoms with van der Waals surface area (Å²) in [5.74, 6) is -0.657. The zero-order valence-electron chi connectivity index (χ0n) is 9.27. The predicted molar refractivity (Wildman–Crippen MR) is 59.5 cm³/mol. The maximum absolute atomic E-state index is 11.9. The number of anilines is 2. The number of nitrogen functional groups attached to an aromatic ring is 1. The lowest BCUT2D eigenvalue weighted by Gasteiger charge is -2.10. The molecule has 1 aromatic rings. The zero-order chi connectivity index (χ0) is 13.1. The van der Waals surface area contributed by atoms with Crippen molar-refractivity contribution in [3.63, 3.8) is 0 Å². The molecule has 0 fully saturated rings. The summed E-state index contributed by atoms with van der Waals surface area (Å²) in [5.41, 5.74) is 7.24. The van der Waals surface area contributed by atoms with Crippen molar-refractivity contribution in [2.24, 2.45) is 0 Å². The van der Waals surface area contributed by atoms with Gasteiger partial charge in [-0.05, 0) is 30.7 Å². The Balaban J connectivity index is 2.57. The van der Waals surface area contributed by atoms with Crippen LogP contribution in [-0.2, 0) is 4.79 Å². The van der Waals surface area contributed by atoms with Crippen molar-refractivity contribution in [2.45, 2.75) is 25.9 Å². The average Bonchev–Trinajstić information content (AvgIpc) is 2.18. The molecule has 1 amide bonds. The number of aryl methyl sites for hydroxylation is 1. The van der Waals surface area contributed by atoms with Gasteiger partial charge in [-0.25, -0.2) is 0 Å². The predicted octanol–water partition coefficient (Wildman–Crippen LogP) is 2.86. The molecule has 1 aromatic carbocycles. The first kappa shape index (κ1) is 13.3. The molecule has 0 bridgehead atoms. The molecule has 0 aliphatic heterocycles. The second-order valence-electron chi connectivity index (χ2n) is 3.74. The van der Waals surface area contributed by atoms with E-state index in [0.29, 0.717) is 16.9 Å². The number of rotatable bonds is 3. The maximum atomic E-state index is 11.9. The summed E-state index contributed by atoms with van der Waals surface area (Å²) >= 11 is 0. The molecular formula is C11H13F3N2O. The third-order valence-electron chi connectivity index (χ3n) is 2.16. The van der Waals surface area contributed by atoms with Crippen molar-refractivity contribution < 1.29 is 18.0 Å². The number of hydrogen-bond donors (Lipinski definition) is 2. The van der Waals surface area contributed by atoms with Crippen molar-refractivity contribution in [1.29, 1.82) is 0 Å². The van der Waals surface area contributed by atoms with Gasteiger partial charge in [-0.15, -0.1) is 0 Å². The Morgan fingerprint density at radius 2 is 2.06 bits per heavy atom. The molecule has 0 saturated carbocycles. The monoisotopic (exact) mass is 246 g/mol. The van der Waals surface area contributed by atoms with E-state index < -0.39 is 24.9 Å². The van der Waals surface area contributed by atoms with E-state index >= 15 is 0 Å². The maximum Gasteiger partial charge on any atom is 0.389 e. The smallest absolute Gasteiger partial charge is 0.389 e. The third-order valence-corrected chi connectivity index (χ3v) is 2.16. The molecule has 6 heteroatoms. The number of halogens is 3. The summed E-state index contributed by atoms with van der Waals surface area (Å²) in [4.78, 5) is 11.3. The Morgan fingerprint density at radius 1 is 1.41 bits per heavy atom. The van der Waals surface area contributed by atoms with Crippen molar-refractivity contribution in [3.05, 3.63) is 23.8 Å². The van der Waals surface area contributed by atoms with E-state index in [9.17, 15) is 18.0 Å². The summed E-state index contributed by atoms with van der Waals surface area (Å²) in [6.07, 6.45) is -6.01. The molecule has 0 heterocycles. The highest BCUT2D eigenvalue weighted by molar-refractivity contribution is 5.91. The fourth-order valence-electron chi connectivity index (χ4n) is 1.30. The van der Waals surface area contributed by atoms with Gasteiger partial charge in [-0.2, -0.15) is 13.2 Å². The number of nitrogens with two attached hydrogens (primary N) is 1. The van der Waals surface area contributed by atoms with Crippen LogP contribution in [0.2, 0.25) is 0 Å². The van der Waals surface area contributed by atoms with E-state index in [2.05, 4.69) is 5.32 Å². The quantitative estimate of drug-likeness (QED) is 0.806. The molecule has 1 rings (SSSR count). The van der Waals surface area contributed by atoms with E-state index in [1.165, 1.54) is 0 Å². The summed E-state index contributed by atoms with van der Waals surface area (Å²) in [5, 5.41) is 2.42. The van der Waals surface area contributed by atoms with Crippen molar-refractivity contribution >= 4 is 17.3 Å². The molecule has 0 spiro atoms. The lowest BCUT2D eigenvalue weighted by Crippen LogP contribution is -2.17. The topological polar surface area (TPSA) is 55.1 Å². The van der Waals surface area contributed by atoms with Gasteiger partial charge in [0.15, 0.2) is 0 Å². The van der Waals surface area contributed by atoms with E-state index in [1.807, 2.05) is 0 Å². The van der Waals surface area contributed by atoms with E-state index in [1.54, 1.807) is 25.1 Å². The highest BCUT2D eigenvalue weighted by Crippen LogP contribution is 2.22. The van der Waals surface area contributed by atoms with Crippen molar-refractivity contribution in [2.75, 3.05) is 11.1 Å². The van der Waals surface area contributed by atoms with Crippen LogP contribution in [0.4, 0.5) is 24.5 Å². The zero-order valence-corrected chi connectivity index (χ0v) is 9.27. The first-order chi connectivity index (χ1) is 7.78. The normalized spacial score (nSPS) is 11.3. The summed E-state index contributed by atoms with van der Waals surface area (Å²) in [7, 11) is 0. The molecular weight excluding hydrogens is 233 g/mol. The number of benzene rings is 1. The molecule has 0 aromatic heterocycles. The van der Waals surface area contributed by atoms with Crippen molar-refractivity contribution in [1.82, 2.24) is 0 Å². The number of carbonyl (C=O) groups excluding carboxylic acids is 1. The summed E-state index contributed by atoms with van der Waals surface area (Å²) in [6.45, 7) is 1.72. The van der Waals surface area contributed by atoms with Gasteiger partial charge in [0.1, 0.15) is 0 Å². The van der Waals surface area contributed by atoms with Crippen LogP contribution in [0, 0.1) is 6.92 Å². The number of hydrogen-bond acceptors (Lipinski definition) is 2. The first-order valence-corrected chi connectivity index (χ1v) is 5.00. The number of carbonyl (C=O) groups is 1. The van der Waals surface area contributed by atoms with Gasteiger partial charge in [0.05, 0.1) is 6.42 Å². The van der Waals surface area contributed by atoms with Gasteiger partial charge in [-0.3, -0.25) is 4.79 Å². The van der Waals surface area contributed by atoms with Gasteiger partial charge >= 0.3 is 6.18 Å². The lowest BCUT2D eigenvalue weighted by atomic mass is 10.1. The van der Waals surface area contributed by atoms with Gasteiger partial charge < -0.3 is 11.1 Å². The average molecular weight is 246 g/mol. The minimum Gasteiger partial charge on any atom is -0.399 e. The van der Waals surface area contributed by atoms with Gasteiger partial charge in [0.2, 0.25) is 5.91 Å². The first-order valence-electron chi connectivity index (χ1n) is 5.00. The summed E-state index contributed by atoms with van der Waals surface area (Å²) < 4.78 is 35.7. The molecule has 0 aliphatic carbocycles. The van der Waals surface area contributed by atoms with E-state index in [0.717, 1.165) is 0 Å². The Bertz CT molecular complexity index is 416. The molecule has 3 N–H and O–H groups in total. The fraction of sp³-hybridized carbons (Fsp3) is 0.364. The Hall–Kier alpha value is -1.72. The van der Waals surface area contributed by atoms with E-state index in [-0.39, 0.29) is 0 Å². The van der Waals surface area contributed by atoms with Crippen LogP contribution in [0.25, 0.3) is 0 Å². The molecule has 0 aliphatic rings. The standard InChI is InChI=1S/C11H13F3N2O/c1-7-6-8(15)2-3-9(7)16-10(17)4-5-11(12,13)14/h2-3,6H,4-5,15H2,1H3,(H,16,17). The molecule has 0 atom stereocenters. The van der Waals surface area contributed by atoms with Crippen LogP contribution >= 0.6 is 0 Å². The van der Waals surface area contributed by atoms with Crippen LogP contribution in [0.5, 0.6) is 0 Å². The number of nitrogens with one attached hydrogen (secondary N) is 1. The molecule has 94 valence electrons. The Morgan fingerprint density at radius 3 is 2.59 bits per heavy atom. The largest absolute Gasteiger partial charge is 0.399 e. The Labute approximate surface area is 96.8 Å². The third kappa shape index (κ3) is 4.76. The Kier molecular flexibility index (Phi) is 3.98. The SMILES string of the molecule is Cc1cc(N)ccc1NC(=O)CCC(F)(F)F. The molecule has 0 unspecified atom stereocenters. The van der Waals surface area contributed by atoms with E-state index in [4.69, 9.17) is 5.73 Å². The van der Waals surface area contributed by atoms with Crippen LogP contribution in [0.1, 0.15) is 18.4 Å². The van der Waals surface area contributed by atoms with Crippen molar-refractivity contribution in [3.8, 4) is 0 Å². The van der Waals surface area contributed by atoms with Gasteiger partial charge in [-0.1, -0.05) is 0 Å². The van der Waals surface area contributed by atoms with Crippen LogP contribution in [0.3, 0.4) is 0 Å². The highest BCUT2D eigenvalue weighted by Gasteiger charge is 2.27. The van der Waals surface area contributed by atoms with Crippen LogP contribution in [0.15, 0.2) is 18.2 Å². The summed E-state index contributed by atoms with van der Waals surface area (Å²) in [6, 6.07) is 4.78. The minimum atomic E-state index is -4.31. The second-order valence-corrected chi connectivity index (χ2v) is 3.74. The molecule has 17 heavy (non-hydrogen) atoms. The molecule has 0 saturated heterocycles. The molecule has 0 radical (unpaired) electrons. The lowest BCUT2D eigenvalue weighted by molar-refractivity contribution is -0.142. The fourth-order valence-corrected chi connectivity index (χ4v) is 1.30. The van der Waals surface area contributed by atoms with Gasteiger partial charge in [0, 0.05) is 17.8 Å². The van der Waals surface area contributed by atoms with Crippen LogP contribution < -0.4 is 11.1 Å². The number of amides is 1. The van der Waals surface area contributed by atoms with Gasteiger partial charge in [0.25, 0.3) is 0 Å². The highest BCUT2D eigenvalue weighted by atomic mass is 19.4. The number of alkyl halides is 3. The molecule has 3 nitrogen and oxygen atoms in total. The second kappa shape index (κ2) is 5.07. The van der Waals surface area contributed by atoms with Crippen LogP contribution in [-0.4, -0.2) is 12.1 Å².